The number of halogens is 1. The second-order valence-corrected chi connectivity index (χ2v) is 7.41. The molecule has 4 nitrogen and oxygen atoms in total. The second kappa shape index (κ2) is 6.75. The third-order valence-corrected chi connectivity index (χ3v) is 5.56. The molecule has 1 amide bonds. The Labute approximate surface area is 163 Å². The van der Waals surface area contributed by atoms with Gasteiger partial charge < -0.3 is 10.2 Å². The summed E-state index contributed by atoms with van der Waals surface area (Å²) in [6.07, 6.45) is 3.53. The van der Waals surface area contributed by atoms with Crippen LogP contribution in [0.1, 0.15) is 33.8 Å². The first-order valence-corrected chi connectivity index (χ1v) is 9.57. The van der Waals surface area contributed by atoms with Crippen LogP contribution < -0.4 is 10.2 Å². The third-order valence-electron chi connectivity index (χ3n) is 5.56. The van der Waals surface area contributed by atoms with Gasteiger partial charge in [0.15, 0.2) is 0 Å². The standard InChI is InChI=1S/C23H20FN3O/c24-18-8-5-15(6-9-18)19-13-20(19)26-22-10-7-17(14-25-22)23(28)27-12-11-16-3-1-2-4-21(16)27/h1-10,14,19-20H,11-13H2,(H,25,26)/t19-,20+/m0/s1. The smallest absolute Gasteiger partial charge is 0.259 e. The van der Waals surface area contributed by atoms with Crippen molar-refractivity contribution in [3.05, 3.63) is 89.4 Å². The van der Waals surface area contributed by atoms with Crippen LogP contribution in [0.2, 0.25) is 0 Å². The number of hydrogen-bond acceptors (Lipinski definition) is 3. The third kappa shape index (κ3) is 3.13. The lowest BCUT2D eigenvalue weighted by molar-refractivity contribution is 0.0989. The molecule has 0 spiro atoms. The van der Waals surface area contributed by atoms with Gasteiger partial charge >= 0.3 is 0 Å². The molecular weight excluding hydrogens is 353 g/mol. The van der Waals surface area contributed by atoms with Gasteiger partial charge in [-0.15, -0.1) is 0 Å². The molecule has 2 heterocycles. The summed E-state index contributed by atoms with van der Waals surface area (Å²) < 4.78 is 13.1. The second-order valence-electron chi connectivity index (χ2n) is 7.41. The fourth-order valence-electron chi connectivity index (χ4n) is 3.93. The fraction of sp³-hybridized carbons (Fsp3) is 0.217. The summed E-state index contributed by atoms with van der Waals surface area (Å²) in [6.45, 7) is 0.708. The zero-order chi connectivity index (χ0) is 19.1. The van der Waals surface area contributed by atoms with Crippen molar-refractivity contribution in [3.63, 3.8) is 0 Å². The number of pyridine rings is 1. The van der Waals surface area contributed by atoms with E-state index in [1.165, 1.54) is 17.7 Å². The Morgan fingerprint density at radius 2 is 1.89 bits per heavy atom. The molecule has 2 aliphatic rings. The van der Waals surface area contributed by atoms with Gasteiger partial charge in [-0.2, -0.15) is 0 Å². The highest BCUT2D eigenvalue weighted by molar-refractivity contribution is 6.07. The predicted molar refractivity (Wildman–Crippen MR) is 107 cm³/mol. The van der Waals surface area contributed by atoms with Gasteiger partial charge in [0.05, 0.1) is 5.56 Å². The van der Waals surface area contributed by atoms with Crippen molar-refractivity contribution in [2.45, 2.75) is 24.8 Å². The summed E-state index contributed by atoms with van der Waals surface area (Å²) in [6, 6.07) is 18.7. The first-order chi connectivity index (χ1) is 13.7. The minimum absolute atomic E-state index is 0.0142. The van der Waals surface area contributed by atoms with Gasteiger partial charge in [0.1, 0.15) is 11.6 Å². The number of para-hydroxylation sites is 1. The van der Waals surface area contributed by atoms with Crippen LogP contribution in [0, 0.1) is 5.82 Å². The molecule has 1 aliphatic heterocycles. The highest BCUT2D eigenvalue weighted by atomic mass is 19.1. The SMILES string of the molecule is O=C(c1ccc(N[C@@H]2C[C@H]2c2ccc(F)cc2)nc1)N1CCc2ccccc21. The maximum atomic E-state index is 13.1. The van der Waals surface area contributed by atoms with Crippen LogP contribution in [0.5, 0.6) is 0 Å². The lowest BCUT2D eigenvalue weighted by Gasteiger charge is -2.17. The monoisotopic (exact) mass is 373 g/mol. The van der Waals surface area contributed by atoms with Crippen molar-refractivity contribution in [2.75, 3.05) is 16.8 Å². The van der Waals surface area contributed by atoms with E-state index in [1.807, 2.05) is 47.4 Å². The fourth-order valence-corrected chi connectivity index (χ4v) is 3.93. The van der Waals surface area contributed by atoms with Gasteiger partial charge in [-0.05, 0) is 54.3 Å². The number of hydrogen-bond donors (Lipinski definition) is 1. The summed E-state index contributed by atoms with van der Waals surface area (Å²) in [4.78, 5) is 19.1. The molecule has 5 rings (SSSR count). The minimum atomic E-state index is -0.212. The van der Waals surface area contributed by atoms with E-state index in [0.717, 1.165) is 29.9 Å². The number of benzene rings is 2. The highest BCUT2D eigenvalue weighted by Crippen LogP contribution is 2.42. The Morgan fingerprint density at radius 1 is 1.07 bits per heavy atom. The molecule has 0 unspecified atom stereocenters. The van der Waals surface area contributed by atoms with E-state index in [4.69, 9.17) is 0 Å². The van der Waals surface area contributed by atoms with E-state index in [1.54, 1.807) is 6.20 Å². The minimum Gasteiger partial charge on any atom is -0.367 e. The zero-order valence-corrected chi connectivity index (χ0v) is 15.3. The maximum Gasteiger partial charge on any atom is 0.259 e. The number of rotatable bonds is 4. The van der Waals surface area contributed by atoms with E-state index in [-0.39, 0.29) is 11.7 Å². The maximum absolute atomic E-state index is 13.1. The van der Waals surface area contributed by atoms with Crippen LogP contribution in [-0.4, -0.2) is 23.5 Å². The lowest BCUT2D eigenvalue weighted by Crippen LogP contribution is -2.29. The van der Waals surface area contributed by atoms with Gasteiger partial charge in [-0.25, -0.2) is 9.37 Å². The Hall–Kier alpha value is -3.21. The van der Waals surface area contributed by atoms with Crippen molar-refractivity contribution in [1.82, 2.24) is 4.98 Å². The average Bonchev–Trinajstić information content (AvgIpc) is 3.35. The molecule has 2 aromatic carbocycles. The van der Waals surface area contributed by atoms with Crippen LogP contribution in [0.3, 0.4) is 0 Å². The Balaban J connectivity index is 1.24. The number of carbonyl (C=O) groups excluding carboxylic acids is 1. The molecule has 2 atom stereocenters. The van der Waals surface area contributed by atoms with Crippen LogP contribution >= 0.6 is 0 Å². The van der Waals surface area contributed by atoms with Crippen molar-refractivity contribution < 1.29 is 9.18 Å². The van der Waals surface area contributed by atoms with Gasteiger partial charge in [-0.3, -0.25) is 4.79 Å². The van der Waals surface area contributed by atoms with Gasteiger partial charge in [-0.1, -0.05) is 30.3 Å². The molecule has 1 fully saturated rings. The molecular formula is C23H20FN3O. The van der Waals surface area contributed by atoms with Crippen molar-refractivity contribution >= 4 is 17.4 Å². The molecule has 1 aromatic heterocycles. The number of fused-ring (bicyclic) bond motifs is 1. The average molecular weight is 373 g/mol. The molecule has 0 saturated heterocycles. The van der Waals surface area contributed by atoms with Gasteiger partial charge in [0, 0.05) is 30.4 Å². The summed E-state index contributed by atoms with van der Waals surface area (Å²) in [7, 11) is 0. The summed E-state index contributed by atoms with van der Waals surface area (Å²) in [5.74, 6) is 0.911. The van der Waals surface area contributed by atoms with Crippen molar-refractivity contribution in [3.8, 4) is 0 Å². The molecule has 5 heteroatoms. The molecule has 0 bridgehead atoms. The predicted octanol–water partition coefficient (Wildman–Crippen LogP) is 4.39. The van der Waals surface area contributed by atoms with E-state index in [9.17, 15) is 9.18 Å². The van der Waals surface area contributed by atoms with Crippen LogP contribution in [0.4, 0.5) is 15.9 Å². The summed E-state index contributed by atoms with van der Waals surface area (Å²) in [5.41, 5.74) is 3.93. The normalized spacial score (nSPS) is 20.0. The van der Waals surface area contributed by atoms with Gasteiger partial charge in [0.25, 0.3) is 5.91 Å². The number of amides is 1. The quantitative estimate of drug-likeness (QED) is 0.738. The summed E-state index contributed by atoms with van der Waals surface area (Å²) >= 11 is 0. The number of anilines is 2. The van der Waals surface area contributed by atoms with Crippen molar-refractivity contribution in [2.24, 2.45) is 0 Å². The first kappa shape index (κ1) is 16.9. The first-order valence-electron chi connectivity index (χ1n) is 9.57. The van der Waals surface area contributed by atoms with Gasteiger partial charge in [0.2, 0.25) is 0 Å². The Kier molecular flexibility index (Phi) is 4.08. The topological polar surface area (TPSA) is 45.2 Å². The van der Waals surface area contributed by atoms with E-state index < -0.39 is 0 Å². The highest BCUT2D eigenvalue weighted by Gasteiger charge is 2.38. The van der Waals surface area contributed by atoms with Crippen LogP contribution in [-0.2, 0) is 6.42 Å². The zero-order valence-electron chi connectivity index (χ0n) is 15.3. The number of carbonyl (C=O) groups is 1. The summed E-state index contributed by atoms with van der Waals surface area (Å²) in [5, 5.41) is 3.40. The van der Waals surface area contributed by atoms with E-state index in [0.29, 0.717) is 24.1 Å². The molecule has 28 heavy (non-hydrogen) atoms. The molecule has 3 aromatic rings. The van der Waals surface area contributed by atoms with E-state index >= 15 is 0 Å². The Morgan fingerprint density at radius 3 is 2.68 bits per heavy atom. The molecule has 1 saturated carbocycles. The number of aromatic nitrogens is 1. The van der Waals surface area contributed by atoms with E-state index in [2.05, 4.69) is 16.4 Å². The lowest BCUT2D eigenvalue weighted by atomic mass is 10.1. The largest absolute Gasteiger partial charge is 0.367 e. The molecule has 140 valence electrons. The molecule has 0 radical (unpaired) electrons. The van der Waals surface area contributed by atoms with Crippen LogP contribution in [0.15, 0.2) is 66.9 Å². The number of nitrogens with one attached hydrogen (secondary N) is 1. The molecule has 1 N–H and O–H groups in total. The number of nitrogens with zero attached hydrogens (tertiary/aromatic N) is 2. The molecule has 1 aliphatic carbocycles. The van der Waals surface area contributed by atoms with Crippen LogP contribution in [0.25, 0.3) is 0 Å². The Bertz CT molecular complexity index is 1020. The van der Waals surface area contributed by atoms with Crippen molar-refractivity contribution in [1.29, 1.82) is 0 Å².